The van der Waals surface area contributed by atoms with Crippen molar-refractivity contribution in [1.82, 2.24) is 35.1 Å². The first kappa shape index (κ1) is 19.2. The van der Waals surface area contributed by atoms with Gasteiger partial charge in [0.1, 0.15) is 0 Å². The maximum absolute atomic E-state index is 12.6. The van der Waals surface area contributed by atoms with Gasteiger partial charge in [-0.25, -0.2) is 4.68 Å². The molecule has 158 valence electrons. The van der Waals surface area contributed by atoms with E-state index in [0.29, 0.717) is 24.1 Å². The zero-order chi connectivity index (χ0) is 20.5. The number of halogens is 2. The summed E-state index contributed by atoms with van der Waals surface area (Å²) in [5.41, 5.74) is 2.25. The highest BCUT2D eigenvalue weighted by Crippen LogP contribution is 2.28. The van der Waals surface area contributed by atoms with Crippen molar-refractivity contribution in [3.05, 3.63) is 41.8 Å². The molecule has 0 aromatic carbocycles. The van der Waals surface area contributed by atoms with E-state index < -0.39 is 12.3 Å². The highest BCUT2D eigenvalue weighted by atomic mass is 19.3. The molecule has 0 radical (unpaired) electrons. The Morgan fingerprint density at radius 2 is 2.07 bits per heavy atom. The van der Waals surface area contributed by atoms with E-state index in [1.165, 1.54) is 6.20 Å². The normalized spacial score (nSPS) is 20.6. The van der Waals surface area contributed by atoms with E-state index in [2.05, 4.69) is 30.4 Å². The van der Waals surface area contributed by atoms with Gasteiger partial charge in [-0.1, -0.05) is 5.21 Å². The minimum Gasteiger partial charge on any atom is -0.415 e. The number of nitrogens with zero attached hydrogens (tertiary/aromatic N) is 7. The van der Waals surface area contributed by atoms with E-state index in [9.17, 15) is 8.78 Å². The van der Waals surface area contributed by atoms with E-state index in [1.807, 2.05) is 6.20 Å². The van der Waals surface area contributed by atoms with Crippen LogP contribution in [0.5, 0.6) is 0 Å². The third kappa shape index (κ3) is 3.94. The molecule has 0 saturated carbocycles. The molecular formula is C19H21F2N7O2. The van der Waals surface area contributed by atoms with Gasteiger partial charge < -0.3 is 9.15 Å². The van der Waals surface area contributed by atoms with Gasteiger partial charge in [0.2, 0.25) is 5.89 Å². The number of piperidine rings is 1. The van der Waals surface area contributed by atoms with Gasteiger partial charge in [-0.2, -0.15) is 8.78 Å². The fraction of sp³-hybridized carbons (Fsp3) is 0.526. The van der Waals surface area contributed by atoms with Crippen molar-refractivity contribution in [2.45, 2.75) is 37.8 Å². The minimum absolute atomic E-state index is 0.0195. The van der Waals surface area contributed by atoms with Crippen LogP contribution in [0.4, 0.5) is 8.78 Å². The second-order valence-electron chi connectivity index (χ2n) is 7.65. The molecule has 2 aliphatic rings. The topological polar surface area (TPSA) is 95.0 Å². The second kappa shape index (κ2) is 8.15. The number of rotatable bonds is 6. The lowest BCUT2D eigenvalue weighted by Gasteiger charge is -2.41. The summed E-state index contributed by atoms with van der Waals surface area (Å²) in [5.74, 6) is -0.300. The first-order valence-corrected chi connectivity index (χ1v) is 9.94. The molecule has 3 aromatic rings. The molecule has 11 heteroatoms. The van der Waals surface area contributed by atoms with Crippen LogP contribution in [0.15, 0.2) is 28.9 Å². The first-order valence-electron chi connectivity index (χ1n) is 9.94. The molecule has 30 heavy (non-hydrogen) atoms. The van der Waals surface area contributed by atoms with Gasteiger partial charge in [-0.05, 0) is 31.5 Å². The lowest BCUT2D eigenvalue weighted by atomic mass is 9.94. The molecule has 0 N–H and O–H groups in total. The molecule has 5 rings (SSSR count). The number of hydrogen-bond acceptors (Lipinski definition) is 8. The monoisotopic (exact) mass is 417 g/mol. The summed E-state index contributed by atoms with van der Waals surface area (Å²) >= 11 is 0. The minimum atomic E-state index is -2.79. The summed E-state index contributed by atoms with van der Waals surface area (Å²) in [6, 6.07) is 4.03. The molecule has 0 bridgehead atoms. The number of hydrogen-bond donors (Lipinski definition) is 0. The van der Waals surface area contributed by atoms with Crippen LogP contribution < -0.4 is 0 Å². The van der Waals surface area contributed by atoms with E-state index in [4.69, 9.17) is 9.15 Å². The highest BCUT2D eigenvalue weighted by molar-refractivity contribution is 5.50. The van der Waals surface area contributed by atoms with Crippen molar-refractivity contribution in [3.8, 4) is 11.5 Å². The lowest BCUT2D eigenvalue weighted by Crippen LogP contribution is -2.52. The van der Waals surface area contributed by atoms with Gasteiger partial charge in [-0.3, -0.25) is 9.88 Å². The van der Waals surface area contributed by atoms with Crippen molar-refractivity contribution in [2.24, 2.45) is 0 Å². The van der Waals surface area contributed by atoms with Crippen LogP contribution in [-0.2, 0) is 11.3 Å². The average Bonchev–Trinajstić information content (AvgIpc) is 3.38. The Kier molecular flexibility index (Phi) is 5.21. The summed E-state index contributed by atoms with van der Waals surface area (Å²) in [7, 11) is 0. The molecule has 0 amide bonds. The first-order chi connectivity index (χ1) is 14.7. The van der Waals surface area contributed by atoms with E-state index in [0.717, 1.165) is 50.5 Å². The van der Waals surface area contributed by atoms with Crippen LogP contribution in [-0.4, -0.2) is 67.4 Å². The van der Waals surface area contributed by atoms with E-state index in [-0.39, 0.29) is 5.89 Å². The van der Waals surface area contributed by atoms with Crippen molar-refractivity contribution < 1.29 is 17.9 Å². The molecule has 2 saturated heterocycles. The quantitative estimate of drug-likeness (QED) is 0.603. The molecule has 2 aliphatic heterocycles. The maximum Gasteiger partial charge on any atom is 0.314 e. The zero-order valence-corrected chi connectivity index (χ0v) is 16.2. The Balaban J connectivity index is 1.22. The molecule has 2 fully saturated rings. The Bertz CT molecular complexity index is 987. The van der Waals surface area contributed by atoms with E-state index >= 15 is 0 Å². The molecule has 5 heterocycles. The predicted molar refractivity (Wildman–Crippen MR) is 99.8 cm³/mol. The summed E-state index contributed by atoms with van der Waals surface area (Å²) in [4.78, 5) is 6.85. The fourth-order valence-corrected chi connectivity index (χ4v) is 3.84. The van der Waals surface area contributed by atoms with Crippen LogP contribution in [0.1, 0.15) is 42.5 Å². The van der Waals surface area contributed by atoms with Gasteiger partial charge in [0.15, 0.2) is 0 Å². The Labute approximate surface area is 171 Å². The fourth-order valence-electron chi connectivity index (χ4n) is 3.84. The summed E-state index contributed by atoms with van der Waals surface area (Å²) in [6.45, 7) is 4.23. The van der Waals surface area contributed by atoms with Gasteiger partial charge in [0, 0.05) is 24.9 Å². The van der Waals surface area contributed by atoms with Crippen LogP contribution in [0.2, 0.25) is 0 Å². The molecule has 0 aliphatic carbocycles. The van der Waals surface area contributed by atoms with Crippen LogP contribution in [0, 0.1) is 0 Å². The summed E-state index contributed by atoms with van der Waals surface area (Å²) < 4.78 is 37.2. The largest absolute Gasteiger partial charge is 0.415 e. The molecule has 1 unspecified atom stereocenters. The summed E-state index contributed by atoms with van der Waals surface area (Å²) in [5, 5.41) is 15.6. The number of ether oxygens (including phenoxy) is 1. The van der Waals surface area contributed by atoms with Crippen molar-refractivity contribution in [2.75, 3.05) is 26.3 Å². The van der Waals surface area contributed by atoms with Crippen molar-refractivity contribution in [3.63, 3.8) is 0 Å². The highest BCUT2D eigenvalue weighted by Gasteiger charge is 2.31. The standard InChI is InChI=1S/C19H21F2N7O2/c20-17(21)19-25-24-18(30-19)12-3-4-14(22-6-12)8-28-9-16(23-26-28)13-2-1-5-27(7-13)15-10-29-11-15/h3-4,6,9,13,15,17H,1-2,5,7-8,10-11H2. The van der Waals surface area contributed by atoms with Gasteiger partial charge >= 0.3 is 6.43 Å². The number of likely N-dealkylation sites (tertiary alicyclic amines) is 1. The SMILES string of the molecule is FC(F)c1nnc(-c2ccc(Cn3cc(C4CCCN(C5COC5)C4)nn3)nc2)o1. The second-order valence-corrected chi connectivity index (χ2v) is 7.65. The van der Waals surface area contributed by atoms with Crippen LogP contribution in [0.25, 0.3) is 11.5 Å². The van der Waals surface area contributed by atoms with Crippen LogP contribution >= 0.6 is 0 Å². The number of pyridine rings is 1. The average molecular weight is 417 g/mol. The van der Waals surface area contributed by atoms with Gasteiger partial charge in [0.25, 0.3) is 5.89 Å². The van der Waals surface area contributed by atoms with Crippen LogP contribution in [0.3, 0.4) is 0 Å². The Morgan fingerprint density at radius 3 is 2.77 bits per heavy atom. The molecule has 3 aromatic heterocycles. The predicted octanol–water partition coefficient (Wildman–Crippen LogP) is 2.29. The number of aromatic nitrogens is 6. The summed E-state index contributed by atoms with van der Waals surface area (Å²) in [6.07, 6.45) is 2.97. The van der Waals surface area contributed by atoms with E-state index in [1.54, 1.807) is 16.8 Å². The third-order valence-electron chi connectivity index (χ3n) is 5.59. The molecule has 0 spiro atoms. The number of alkyl halides is 2. The molecule has 9 nitrogen and oxygen atoms in total. The Morgan fingerprint density at radius 1 is 1.17 bits per heavy atom. The molecular weight excluding hydrogens is 396 g/mol. The van der Waals surface area contributed by atoms with Crippen molar-refractivity contribution in [1.29, 1.82) is 0 Å². The van der Waals surface area contributed by atoms with Crippen molar-refractivity contribution >= 4 is 0 Å². The smallest absolute Gasteiger partial charge is 0.314 e. The maximum atomic E-state index is 12.6. The van der Waals surface area contributed by atoms with Gasteiger partial charge in [-0.15, -0.1) is 15.3 Å². The van der Waals surface area contributed by atoms with Gasteiger partial charge in [0.05, 0.1) is 42.8 Å². The third-order valence-corrected chi connectivity index (χ3v) is 5.59. The molecule has 1 atom stereocenters. The lowest BCUT2D eigenvalue weighted by molar-refractivity contribution is -0.0723. The zero-order valence-electron chi connectivity index (χ0n) is 16.2. The Hall–Kier alpha value is -2.79.